The summed E-state index contributed by atoms with van der Waals surface area (Å²) in [5.41, 5.74) is 3.95. The predicted octanol–water partition coefficient (Wildman–Crippen LogP) is 6.70. The fourth-order valence-corrected chi connectivity index (χ4v) is 4.52. The van der Waals surface area contributed by atoms with Gasteiger partial charge in [0.05, 0.1) is 0 Å². The lowest BCUT2D eigenvalue weighted by atomic mass is 10.1. The summed E-state index contributed by atoms with van der Waals surface area (Å²) < 4.78 is 32.7. The topological polar surface area (TPSA) is 72.9 Å². The van der Waals surface area contributed by atoms with Crippen molar-refractivity contribution in [1.82, 2.24) is 9.80 Å². The molecule has 0 atom stereocenters. The quantitative estimate of drug-likeness (QED) is 0.319. The number of carbonyl (C=O) groups excluding carboxylic acids is 1. The molecule has 11 heteroatoms. The maximum absolute atomic E-state index is 12.5. The van der Waals surface area contributed by atoms with E-state index in [1.165, 1.54) is 11.1 Å². The monoisotopic (exact) mass is 625 g/mol. The van der Waals surface area contributed by atoms with Gasteiger partial charge in [-0.3, -0.25) is 14.6 Å². The Hall–Kier alpha value is -2.92. The number of carbonyl (C=O) groups is 2. The number of nitrogens with one attached hydrogen (secondary N) is 1. The zero-order valence-electron chi connectivity index (χ0n) is 20.9. The van der Waals surface area contributed by atoms with Crippen LogP contribution in [0.3, 0.4) is 0 Å². The molecule has 208 valence electrons. The highest BCUT2D eigenvalue weighted by Gasteiger charge is 2.38. The Morgan fingerprint density at radius 3 is 1.95 bits per heavy atom. The van der Waals surface area contributed by atoms with Crippen LogP contribution < -0.4 is 5.32 Å². The lowest BCUT2D eigenvalue weighted by Crippen LogP contribution is -2.30. The second kappa shape index (κ2) is 14.5. The van der Waals surface area contributed by atoms with Crippen LogP contribution in [-0.2, 0) is 17.9 Å². The molecule has 1 amide bonds. The molecule has 1 saturated heterocycles. The van der Waals surface area contributed by atoms with E-state index < -0.39 is 12.1 Å². The fourth-order valence-electron chi connectivity index (χ4n) is 4.04. The smallest absolute Gasteiger partial charge is 0.475 e. The number of anilines is 1. The molecule has 39 heavy (non-hydrogen) atoms. The lowest BCUT2D eigenvalue weighted by Gasteiger charge is -2.22. The Labute approximate surface area is 238 Å². The van der Waals surface area contributed by atoms with E-state index in [-0.39, 0.29) is 5.91 Å². The summed E-state index contributed by atoms with van der Waals surface area (Å²) in [6.07, 6.45) is -3.94. The van der Waals surface area contributed by atoms with Gasteiger partial charge in [0.15, 0.2) is 0 Å². The van der Waals surface area contributed by atoms with E-state index in [9.17, 15) is 18.0 Å². The number of hydrogen-bond acceptors (Lipinski definition) is 4. The van der Waals surface area contributed by atoms with Crippen molar-refractivity contribution in [3.8, 4) is 0 Å². The Balaban J connectivity index is 0.000000532. The molecule has 4 rings (SSSR count). The summed E-state index contributed by atoms with van der Waals surface area (Å²) in [5, 5.41) is 10.9. The third-order valence-electron chi connectivity index (χ3n) is 5.92. The first kappa shape index (κ1) is 30.6. The number of nitrogens with zero attached hydrogens (tertiary/aromatic N) is 2. The number of rotatable bonds is 6. The maximum Gasteiger partial charge on any atom is 0.490 e. The number of amides is 1. The normalized spacial score (nSPS) is 14.6. The molecule has 0 unspecified atom stereocenters. The van der Waals surface area contributed by atoms with Crippen molar-refractivity contribution >= 4 is 45.1 Å². The number of halogens is 5. The highest BCUT2D eigenvalue weighted by atomic mass is 79.9. The standard InChI is InChI=1S/C26H27BrClN3O.C2HF3O2/c27-23-10-8-22(9-11-23)26(32)29-25-7-2-5-21(17-25)19-31-13-3-12-30(14-15-31)18-20-4-1-6-24(28)16-20;3-2(4,5)1(6)7/h1-2,4-11,16-17H,3,12-15,18-19H2,(H,29,32);(H,6,7). The fraction of sp³-hybridized carbons (Fsp3) is 0.286. The Morgan fingerprint density at radius 1 is 0.872 bits per heavy atom. The van der Waals surface area contributed by atoms with E-state index in [1.807, 2.05) is 48.5 Å². The highest BCUT2D eigenvalue weighted by Crippen LogP contribution is 2.18. The average Bonchev–Trinajstić information content (AvgIpc) is 3.09. The molecule has 0 aliphatic carbocycles. The SMILES string of the molecule is O=C(Nc1cccc(CN2CCCN(Cc3cccc(Cl)c3)CC2)c1)c1ccc(Br)cc1.O=C(O)C(F)(F)F. The van der Waals surface area contributed by atoms with Crippen molar-refractivity contribution < 1.29 is 27.9 Å². The zero-order valence-corrected chi connectivity index (χ0v) is 23.3. The van der Waals surface area contributed by atoms with Crippen LogP contribution in [0.5, 0.6) is 0 Å². The maximum atomic E-state index is 12.5. The van der Waals surface area contributed by atoms with Crippen LogP contribution in [0.15, 0.2) is 77.3 Å². The highest BCUT2D eigenvalue weighted by molar-refractivity contribution is 9.10. The molecule has 0 bridgehead atoms. The number of benzene rings is 3. The van der Waals surface area contributed by atoms with Gasteiger partial charge in [-0.2, -0.15) is 13.2 Å². The Morgan fingerprint density at radius 2 is 1.41 bits per heavy atom. The van der Waals surface area contributed by atoms with Crippen molar-refractivity contribution in [2.75, 3.05) is 31.5 Å². The van der Waals surface area contributed by atoms with Crippen molar-refractivity contribution in [2.24, 2.45) is 0 Å². The molecule has 1 aliphatic rings. The van der Waals surface area contributed by atoms with E-state index in [2.05, 4.69) is 55.3 Å². The number of aliphatic carboxylic acids is 1. The van der Waals surface area contributed by atoms with Crippen LogP contribution >= 0.6 is 27.5 Å². The largest absolute Gasteiger partial charge is 0.490 e. The van der Waals surface area contributed by atoms with Gasteiger partial charge in [-0.25, -0.2) is 4.79 Å². The first-order valence-corrected chi connectivity index (χ1v) is 13.3. The lowest BCUT2D eigenvalue weighted by molar-refractivity contribution is -0.192. The van der Waals surface area contributed by atoms with Crippen LogP contribution in [0.2, 0.25) is 5.02 Å². The predicted molar refractivity (Wildman–Crippen MR) is 149 cm³/mol. The van der Waals surface area contributed by atoms with Crippen LogP contribution in [0, 0.1) is 0 Å². The zero-order chi connectivity index (χ0) is 28.4. The molecule has 0 spiro atoms. The van der Waals surface area contributed by atoms with E-state index in [4.69, 9.17) is 21.5 Å². The van der Waals surface area contributed by atoms with Gasteiger partial charge < -0.3 is 10.4 Å². The number of alkyl halides is 3. The molecule has 0 saturated carbocycles. The molecule has 1 fully saturated rings. The minimum Gasteiger partial charge on any atom is -0.475 e. The van der Waals surface area contributed by atoms with Crippen LogP contribution in [0.4, 0.5) is 18.9 Å². The first-order chi connectivity index (χ1) is 18.5. The van der Waals surface area contributed by atoms with Crippen LogP contribution in [-0.4, -0.2) is 59.1 Å². The minimum atomic E-state index is -5.08. The number of carboxylic acids is 1. The van der Waals surface area contributed by atoms with Gasteiger partial charge >= 0.3 is 12.1 Å². The third kappa shape index (κ3) is 10.6. The molecule has 3 aromatic rings. The van der Waals surface area contributed by atoms with Crippen LogP contribution in [0.1, 0.15) is 27.9 Å². The summed E-state index contributed by atoms with van der Waals surface area (Å²) >= 11 is 9.54. The van der Waals surface area contributed by atoms with Gasteiger partial charge in [-0.15, -0.1) is 0 Å². The van der Waals surface area contributed by atoms with Crippen molar-refractivity contribution in [2.45, 2.75) is 25.7 Å². The van der Waals surface area contributed by atoms with Crippen molar-refractivity contribution in [3.05, 3.63) is 99.0 Å². The van der Waals surface area contributed by atoms with Crippen molar-refractivity contribution in [3.63, 3.8) is 0 Å². The van der Waals surface area contributed by atoms with Gasteiger partial charge in [0, 0.05) is 46.9 Å². The number of hydrogen-bond donors (Lipinski definition) is 2. The van der Waals surface area contributed by atoms with E-state index in [0.717, 1.165) is 60.9 Å². The van der Waals surface area contributed by atoms with Crippen molar-refractivity contribution in [1.29, 1.82) is 0 Å². The van der Waals surface area contributed by atoms with Gasteiger partial charge in [-0.1, -0.05) is 51.8 Å². The van der Waals surface area contributed by atoms with Crippen LogP contribution in [0.25, 0.3) is 0 Å². The molecule has 3 aromatic carbocycles. The van der Waals surface area contributed by atoms with Gasteiger partial charge in [-0.05, 0) is 79.2 Å². The molecular formula is C28H28BrClF3N3O3. The Kier molecular flexibility index (Phi) is 11.4. The first-order valence-electron chi connectivity index (χ1n) is 12.1. The Bertz CT molecular complexity index is 1260. The second-order valence-corrected chi connectivity index (χ2v) is 10.4. The van der Waals surface area contributed by atoms with E-state index in [0.29, 0.717) is 5.56 Å². The average molecular weight is 627 g/mol. The third-order valence-corrected chi connectivity index (χ3v) is 6.68. The summed E-state index contributed by atoms with van der Waals surface area (Å²) in [6.45, 7) is 6.04. The molecular weight excluding hydrogens is 599 g/mol. The van der Waals surface area contributed by atoms with Gasteiger partial charge in [0.1, 0.15) is 0 Å². The molecule has 1 aliphatic heterocycles. The summed E-state index contributed by atoms with van der Waals surface area (Å²) in [7, 11) is 0. The van der Waals surface area contributed by atoms with Gasteiger partial charge in [0.25, 0.3) is 5.91 Å². The molecule has 1 heterocycles. The van der Waals surface area contributed by atoms with E-state index >= 15 is 0 Å². The summed E-state index contributed by atoms with van der Waals surface area (Å²) in [6, 6.07) is 23.7. The molecule has 2 N–H and O–H groups in total. The van der Waals surface area contributed by atoms with E-state index in [1.54, 1.807) is 0 Å². The van der Waals surface area contributed by atoms with Gasteiger partial charge in [0.2, 0.25) is 0 Å². The number of carboxylic acid groups (broad SMARTS) is 1. The molecule has 6 nitrogen and oxygen atoms in total. The minimum absolute atomic E-state index is 0.0962. The second-order valence-electron chi connectivity index (χ2n) is 9.00. The summed E-state index contributed by atoms with van der Waals surface area (Å²) in [4.78, 5) is 26.4. The summed E-state index contributed by atoms with van der Waals surface area (Å²) in [5.74, 6) is -2.85. The molecule has 0 radical (unpaired) electrons. The molecule has 0 aromatic heterocycles.